The van der Waals surface area contributed by atoms with Gasteiger partial charge in [0.05, 0.1) is 10.2 Å². The second-order valence-corrected chi connectivity index (χ2v) is 3.94. The van der Waals surface area contributed by atoms with Crippen LogP contribution in [0.15, 0.2) is 24.3 Å². The molecule has 0 aliphatic heterocycles. The molecule has 0 atom stereocenters. The highest BCUT2D eigenvalue weighted by Crippen LogP contribution is 2.25. The number of fused-ring (bicyclic) bond motifs is 3. The summed E-state index contributed by atoms with van der Waals surface area (Å²) in [5.41, 5.74) is 1.20. The molecule has 3 nitrogen and oxygen atoms in total. The third kappa shape index (κ3) is 0.833. The zero-order valence-electron chi connectivity index (χ0n) is 7.06. The molecular formula is C9H7N3S. The Morgan fingerprint density at radius 1 is 1.23 bits per heavy atom. The first kappa shape index (κ1) is 7.03. The van der Waals surface area contributed by atoms with Crippen molar-refractivity contribution in [2.24, 2.45) is 0 Å². The van der Waals surface area contributed by atoms with Gasteiger partial charge in [-0.05, 0) is 19.1 Å². The van der Waals surface area contributed by atoms with Crippen molar-refractivity contribution in [1.29, 1.82) is 0 Å². The summed E-state index contributed by atoms with van der Waals surface area (Å²) in [6, 6.07) is 8.28. The summed E-state index contributed by atoms with van der Waals surface area (Å²) < 4.78 is 3.34. The lowest BCUT2D eigenvalue weighted by Gasteiger charge is -1.90. The number of hydrogen-bond acceptors (Lipinski definition) is 3. The minimum atomic E-state index is 0.951. The van der Waals surface area contributed by atoms with E-state index in [0.29, 0.717) is 0 Å². The molecular weight excluding hydrogens is 182 g/mol. The van der Waals surface area contributed by atoms with E-state index in [4.69, 9.17) is 0 Å². The lowest BCUT2D eigenvalue weighted by atomic mass is 10.3. The fraction of sp³-hybridized carbons (Fsp3) is 0.111. The van der Waals surface area contributed by atoms with Gasteiger partial charge in [-0.25, -0.2) is 0 Å². The Morgan fingerprint density at radius 3 is 3.00 bits per heavy atom. The van der Waals surface area contributed by atoms with E-state index in [9.17, 15) is 0 Å². The first-order chi connectivity index (χ1) is 6.36. The van der Waals surface area contributed by atoms with Crippen molar-refractivity contribution in [3.05, 3.63) is 30.1 Å². The molecule has 0 N–H and O–H groups in total. The Kier molecular flexibility index (Phi) is 1.24. The Labute approximate surface area is 78.6 Å². The molecule has 0 saturated carbocycles. The van der Waals surface area contributed by atoms with Gasteiger partial charge in [-0.1, -0.05) is 23.5 Å². The van der Waals surface area contributed by atoms with Crippen molar-refractivity contribution in [3.63, 3.8) is 0 Å². The number of hydrogen-bond donors (Lipinski definition) is 0. The lowest BCUT2D eigenvalue weighted by molar-refractivity contribution is 1.02. The maximum Gasteiger partial charge on any atom is 0.217 e. The molecule has 3 rings (SSSR count). The summed E-state index contributed by atoms with van der Waals surface area (Å²) in [7, 11) is 0. The van der Waals surface area contributed by atoms with Crippen LogP contribution < -0.4 is 0 Å². The highest BCUT2D eigenvalue weighted by atomic mass is 32.1. The normalized spacial score (nSPS) is 11.5. The first-order valence-corrected chi connectivity index (χ1v) is 4.87. The average Bonchev–Trinajstić information content (AvgIpc) is 2.66. The van der Waals surface area contributed by atoms with Crippen molar-refractivity contribution in [3.8, 4) is 0 Å². The third-order valence-corrected chi connectivity index (χ3v) is 3.11. The van der Waals surface area contributed by atoms with Crippen LogP contribution in [0.25, 0.3) is 15.2 Å². The number of aromatic nitrogens is 3. The molecule has 1 aromatic carbocycles. The van der Waals surface area contributed by atoms with Crippen LogP contribution >= 0.6 is 11.3 Å². The molecule has 3 aromatic rings. The molecule has 0 spiro atoms. The Balaban J connectivity index is 2.66. The van der Waals surface area contributed by atoms with E-state index in [-0.39, 0.29) is 0 Å². The molecule has 0 aliphatic rings. The summed E-state index contributed by atoms with van der Waals surface area (Å²) in [5.74, 6) is 0.951. The van der Waals surface area contributed by atoms with Gasteiger partial charge in [0.15, 0.2) is 0 Å². The number of rotatable bonds is 0. The van der Waals surface area contributed by atoms with Gasteiger partial charge in [-0.3, -0.25) is 4.40 Å². The number of aryl methyl sites for hydroxylation is 1. The lowest BCUT2D eigenvalue weighted by Crippen LogP contribution is -1.83. The molecule has 64 valence electrons. The molecule has 0 radical (unpaired) electrons. The number of benzene rings is 1. The summed E-state index contributed by atoms with van der Waals surface area (Å²) in [5, 5.41) is 8.12. The van der Waals surface area contributed by atoms with Crippen molar-refractivity contribution in [1.82, 2.24) is 14.6 Å². The quantitative estimate of drug-likeness (QED) is 0.543. The van der Waals surface area contributed by atoms with E-state index >= 15 is 0 Å². The van der Waals surface area contributed by atoms with Gasteiger partial charge >= 0.3 is 0 Å². The van der Waals surface area contributed by atoms with Crippen LogP contribution in [0, 0.1) is 6.92 Å². The Morgan fingerprint density at radius 2 is 2.08 bits per heavy atom. The second kappa shape index (κ2) is 2.29. The van der Waals surface area contributed by atoms with Gasteiger partial charge in [-0.2, -0.15) is 0 Å². The van der Waals surface area contributed by atoms with Crippen LogP contribution in [0.5, 0.6) is 0 Å². The summed E-state index contributed by atoms with van der Waals surface area (Å²) in [4.78, 5) is 0.971. The molecule has 0 amide bonds. The van der Waals surface area contributed by atoms with Crippen molar-refractivity contribution in [2.45, 2.75) is 6.92 Å². The van der Waals surface area contributed by atoms with Crippen LogP contribution in [0.4, 0.5) is 0 Å². The van der Waals surface area contributed by atoms with Crippen LogP contribution in [-0.2, 0) is 0 Å². The summed E-state index contributed by atoms with van der Waals surface area (Å²) in [6.07, 6.45) is 0. The Hall–Kier alpha value is -1.42. The predicted octanol–water partition coefficient (Wildman–Crippen LogP) is 2.25. The van der Waals surface area contributed by atoms with E-state index in [2.05, 4.69) is 26.7 Å². The molecule has 2 heterocycles. The van der Waals surface area contributed by atoms with Gasteiger partial charge < -0.3 is 0 Å². The topological polar surface area (TPSA) is 30.2 Å². The van der Waals surface area contributed by atoms with Crippen molar-refractivity contribution < 1.29 is 0 Å². The van der Waals surface area contributed by atoms with Crippen molar-refractivity contribution >= 4 is 26.5 Å². The maximum atomic E-state index is 4.09. The highest BCUT2D eigenvalue weighted by Gasteiger charge is 2.07. The average molecular weight is 189 g/mol. The SMILES string of the molecule is Cc1nnc2sc3ccccc3n12. The standard InChI is InChI=1S/C9H7N3S/c1-6-10-11-9-12(6)7-4-2-3-5-8(7)13-9/h2-5H,1H3. The fourth-order valence-electron chi connectivity index (χ4n) is 1.51. The van der Waals surface area contributed by atoms with Crippen molar-refractivity contribution in [2.75, 3.05) is 0 Å². The minimum Gasteiger partial charge on any atom is -0.270 e. The molecule has 13 heavy (non-hydrogen) atoms. The molecule has 2 aromatic heterocycles. The fourth-order valence-corrected chi connectivity index (χ4v) is 2.52. The molecule has 0 saturated heterocycles. The van der Waals surface area contributed by atoms with Gasteiger partial charge in [0.2, 0.25) is 4.96 Å². The predicted molar refractivity (Wildman–Crippen MR) is 53.1 cm³/mol. The van der Waals surface area contributed by atoms with Crippen LogP contribution in [0.3, 0.4) is 0 Å². The number of nitrogens with zero attached hydrogens (tertiary/aromatic N) is 3. The zero-order chi connectivity index (χ0) is 8.84. The van der Waals surface area contributed by atoms with E-state index in [1.165, 1.54) is 10.2 Å². The minimum absolute atomic E-state index is 0.951. The van der Waals surface area contributed by atoms with Gasteiger partial charge in [-0.15, -0.1) is 10.2 Å². The molecule has 0 fully saturated rings. The van der Waals surface area contributed by atoms with Gasteiger partial charge in [0.25, 0.3) is 0 Å². The van der Waals surface area contributed by atoms with E-state index in [1.807, 2.05) is 19.1 Å². The number of thiazole rings is 1. The second-order valence-electron chi connectivity index (χ2n) is 2.93. The number of para-hydroxylation sites is 1. The molecule has 0 unspecified atom stereocenters. The monoisotopic (exact) mass is 189 g/mol. The third-order valence-electron chi connectivity index (χ3n) is 2.10. The maximum absolute atomic E-state index is 4.09. The van der Waals surface area contributed by atoms with E-state index in [0.717, 1.165) is 10.8 Å². The largest absolute Gasteiger partial charge is 0.270 e. The summed E-state index contributed by atoms with van der Waals surface area (Å²) in [6.45, 7) is 1.97. The molecule has 0 aliphatic carbocycles. The Bertz CT molecular complexity index is 579. The van der Waals surface area contributed by atoms with E-state index in [1.54, 1.807) is 11.3 Å². The van der Waals surface area contributed by atoms with Crippen LogP contribution in [0.1, 0.15) is 5.82 Å². The van der Waals surface area contributed by atoms with Crippen LogP contribution in [0.2, 0.25) is 0 Å². The highest BCUT2D eigenvalue weighted by molar-refractivity contribution is 7.23. The molecule has 4 heteroatoms. The van der Waals surface area contributed by atoms with Gasteiger partial charge in [0.1, 0.15) is 5.82 Å². The summed E-state index contributed by atoms with van der Waals surface area (Å²) >= 11 is 1.67. The van der Waals surface area contributed by atoms with E-state index < -0.39 is 0 Å². The van der Waals surface area contributed by atoms with Crippen LogP contribution in [-0.4, -0.2) is 14.6 Å². The zero-order valence-corrected chi connectivity index (χ0v) is 7.88. The first-order valence-electron chi connectivity index (χ1n) is 4.05. The smallest absolute Gasteiger partial charge is 0.217 e. The molecule has 0 bridgehead atoms. The van der Waals surface area contributed by atoms with Gasteiger partial charge in [0, 0.05) is 0 Å².